The average molecular weight is 456 g/mol. The van der Waals surface area contributed by atoms with Crippen LogP contribution in [-0.4, -0.2) is 44.6 Å². The zero-order chi connectivity index (χ0) is 23.8. The molecule has 1 spiro atoms. The normalized spacial score (nSPS) is 18.0. The Morgan fingerprint density at radius 3 is 2.45 bits per heavy atom. The van der Waals surface area contributed by atoms with Crippen LogP contribution in [0, 0.1) is 5.82 Å². The first-order chi connectivity index (χ1) is 15.6. The summed E-state index contributed by atoms with van der Waals surface area (Å²) in [5.41, 5.74) is 0.305. The maximum atomic E-state index is 13.4. The lowest BCUT2D eigenvalue weighted by Gasteiger charge is -2.30. The molecule has 4 rings (SSSR count). The predicted molar refractivity (Wildman–Crippen MR) is 122 cm³/mol. The molecule has 1 aliphatic heterocycles. The van der Waals surface area contributed by atoms with Crippen LogP contribution in [0.2, 0.25) is 0 Å². The van der Waals surface area contributed by atoms with Crippen molar-refractivity contribution in [1.29, 1.82) is 0 Å². The molecule has 2 aliphatic rings. The molecule has 1 saturated carbocycles. The number of hydrogen-bond acceptors (Lipinski definition) is 4. The Bertz CT molecular complexity index is 1060. The highest BCUT2D eigenvalue weighted by Crippen LogP contribution is 2.33. The largest absolute Gasteiger partial charge is 0.325 e. The molecule has 2 aromatic rings. The van der Waals surface area contributed by atoms with Crippen molar-refractivity contribution < 1.29 is 18.8 Å². The average Bonchev–Trinajstić information content (AvgIpc) is 3.27. The molecule has 1 aromatic carbocycles. The van der Waals surface area contributed by atoms with E-state index in [-0.39, 0.29) is 36.0 Å². The van der Waals surface area contributed by atoms with E-state index in [1.165, 1.54) is 12.1 Å². The summed E-state index contributed by atoms with van der Waals surface area (Å²) < 4.78 is 14.9. The Morgan fingerprint density at radius 1 is 1.15 bits per heavy atom. The van der Waals surface area contributed by atoms with Crippen molar-refractivity contribution in [1.82, 2.24) is 20.0 Å². The molecule has 0 atom stereocenters. The van der Waals surface area contributed by atoms with E-state index in [0.717, 1.165) is 29.9 Å². The predicted octanol–water partition coefficient (Wildman–Crippen LogP) is 3.89. The number of imide groups is 1. The Kier molecular flexibility index (Phi) is 5.99. The molecule has 8 nitrogen and oxygen atoms in total. The molecule has 1 saturated heterocycles. The molecule has 9 heteroatoms. The van der Waals surface area contributed by atoms with E-state index < -0.39 is 11.6 Å². The summed E-state index contributed by atoms with van der Waals surface area (Å²) >= 11 is 0. The van der Waals surface area contributed by atoms with Gasteiger partial charge < -0.3 is 10.6 Å². The second-order valence-corrected chi connectivity index (χ2v) is 9.88. The molecule has 0 radical (unpaired) electrons. The third kappa shape index (κ3) is 4.62. The van der Waals surface area contributed by atoms with E-state index in [4.69, 9.17) is 0 Å². The smallest absolute Gasteiger partial charge is 0.323 e. The maximum Gasteiger partial charge on any atom is 0.325 e. The van der Waals surface area contributed by atoms with Crippen LogP contribution in [0.15, 0.2) is 30.3 Å². The number of urea groups is 1. The van der Waals surface area contributed by atoms with E-state index in [9.17, 15) is 18.8 Å². The van der Waals surface area contributed by atoms with Gasteiger partial charge in [-0.25, -0.2) is 13.9 Å². The minimum atomic E-state index is -0.797. The lowest BCUT2D eigenvalue weighted by Crippen LogP contribution is -2.48. The first kappa shape index (κ1) is 22.9. The third-order valence-electron chi connectivity index (χ3n) is 6.33. The molecule has 2 heterocycles. The lowest BCUT2D eigenvalue weighted by molar-refractivity contribution is -0.132. The molecule has 1 aromatic heterocycles. The Balaban J connectivity index is 1.47. The Morgan fingerprint density at radius 2 is 1.82 bits per heavy atom. The van der Waals surface area contributed by atoms with Gasteiger partial charge in [0.05, 0.1) is 11.4 Å². The highest BCUT2D eigenvalue weighted by atomic mass is 19.1. The van der Waals surface area contributed by atoms with Crippen molar-refractivity contribution >= 4 is 23.7 Å². The van der Waals surface area contributed by atoms with Crippen LogP contribution in [0.5, 0.6) is 0 Å². The van der Waals surface area contributed by atoms with Crippen LogP contribution < -0.4 is 10.6 Å². The molecule has 33 heavy (non-hydrogen) atoms. The van der Waals surface area contributed by atoms with Gasteiger partial charge in [-0.3, -0.25) is 14.5 Å². The third-order valence-corrected chi connectivity index (χ3v) is 6.33. The van der Waals surface area contributed by atoms with Crippen molar-refractivity contribution in [3.8, 4) is 5.69 Å². The monoisotopic (exact) mass is 455 g/mol. The SMILES string of the molecule is CC(C)(C)c1cc(NC(=O)CCN2C(=O)NC3(CCCCC3)C2=O)n(-c2ccc(F)cc2)n1. The van der Waals surface area contributed by atoms with Gasteiger partial charge in [0, 0.05) is 24.4 Å². The lowest BCUT2D eigenvalue weighted by atomic mass is 9.82. The fourth-order valence-electron chi connectivity index (χ4n) is 4.41. The number of carbonyl (C=O) groups excluding carboxylic acids is 3. The van der Waals surface area contributed by atoms with Gasteiger partial charge >= 0.3 is 6.03 Å². The zero-order valence-electron chi connectivity index (χ0n) is 19.3. The van der Waals surface area contributed by atoms with Gasteiger partial charge in [0.25, 0.3) is 5.91 Å². The minimum Gasteiger partial charge on any atom is -0.323 e. The molecule has 2 N–H and O–H groups in total. The number of anilines is 1. The summed E-state index contributed by atoms with van der Waals surface area (Å²) in [6, 6.07) is 7.19. The number of carbonyl (C=O) groups is 3. The molecular weight excluding hydrogens is 425 g/mol. The minimum absolute atomic E-state index is 0.00899. The van der Waals surface area contributed by atoms with Gasteiger partial charge in [0.1, 0.15) is 17.2 Å². The van der Waals surface area contributed by atoms with Crippen molar-refractivity contribution in [2.24, 2.45) is 0 Å². The van der Waals surface area contributed by atoms with Gasteiger partial charge in [0.15, 0.2) is 0 Å². The molecule has 2 fully saturated rings. The van der Waals surface area contributed by atoms with Gasteiger partial charge in [-0.1, -0.05) is 40.0 Å². The van der Waals surface area contributed by atoms with Gasteiger partial charge in [-0.15, -0.1) is 0 Å². The van der Waals surface area contributed by atoms with E-state index in [0.29, 0.717) is 24.3 Å². The van der Waals surface area contributed by atoms with Crippen LogP contribution in [0.4, 0.5) is 15.0 Å². The van der Waals surface area contributed by atoms with Gasteiger partial charge in [-0.2, -0.15) is 5.10 Å². The first-order valence-electron chi connectivity index (χ1n) is 11.4. The van der Waals surface area contributed by atoms with Crippen LogP contribution in [0.25, 0.3) is 5.69 Å². The topological polar surface area (TPSA) is 96.3 Å². The number of halogens is 1. The zero-order valence-corrected chi connectivity index (χ0v) is 19.3. The van der Waals surface area contributed by atoms with E-state index in [2.05, 4.69) is 15.7 Å². The summed E-state index contributed by atoms with van der Waals surface area (Å²) in [5, 5.41) is 10.3. The van der Waals surface area contributed by atoms with Gasteiger partial charge in [0.2, 0.25) is 5.91 Å². The number of benzene rings is 1. The fourth-order valence-corrected chi connectivity index (χ4v) is 4.41. The van der Waals surface area contributed by atoms with Crippen molar-refractivity contribution in [2.45, 2.75) is 70.3 Å². The summed E-state index contributed by atoms with van der Waals surface area (Å²) in [4.78, 5) is 39.3. The molecule has 1 aliphatic carbocycles. The second-order valence-electron chi connectivity index (χ2n) is 9.88. The first-order valence-corrected chi connectivity index (χ1v) is 11.4. The maximum absolute atomic E-state index is 13.4. The summed E-state index contributed by atoms with van der Waals surface area (Å²) in [7, 11) is 0. The van der Waals surface area contributed by atoms with Gasteiger partial charge in [-0.05, 0) is 37.1 Å². The standard InChI is InChI=1S/C24H30FN5O3/c1-23(2,3)18-15-19(30(28-18)17-9-7-16(25)8-10-17)26-20(31)11-14-29-21(32)24(27-22(29)33)12-5-4-6-13-24/h7-10,15H,4-6,11-14H2,1-3H3,(H,26,31)(H,27,33). The van der Waals surface area contributed by atoms with Crippen molar-refractivity contribution in [3.63, 3.8) is 0 Å². The molecule has 0 unspecified atom stereocenters. The number of amides is 4. The molecule has 0 bridgehead atoms. The summed E-state index contributed by atoms with van der Waals surface area (Å²) in [6.45, 7) is 6.03. The fraction of sp³-hybridized carbons (Fsp3) is 0.500. The van der Waals surface area contributed by atoms with E-state index in [1.807, 2.05) is 20.8 Å². The molecular formula is C24H30FN5O3. The number of hydrogen-bond donors (Lipinski definition) is 2. The van der Waals surface area contributed by atoms with Crippen molar-refractivity contribution in [2.75, 3.05) is 11.9 Å². The molecule has 4 amide bonds. The number of aromatic nitrogens is 2. The van der Waals surface area contributed by atoms with Crippen LogP contribution in [0.3, 0.4) is 0 Å². The van der Waals surface area contributed by atoms with Crippen LogP contribution >= 0.6 is 0 Å². The summed E-state index contributed by atoms with van der Waals surface area (Å²) in [6.07, 6.45) is 4.13. The quantitative estimate of drug-likeness (QED) is 0.669. The Hall–Kier alpha value is -3.23. The highest BCUT2D eigenvalue weighted by molar-refractivity contribution is 6.07. The van der Waals surface area contributed by atoms with Crippen LogP contribution in [0.1, 0.15) is 65.0 Å². The number of rotatable bonds is 5. The Labute approximate surface area is 192 Å². The highest BCUT2D eigenvalue weighted by Gasteiger charge is 2.51. The van der Waals surface area contributed by atoms with E-state index >= 15 is 0 Å². The van der Waals surface area contributed by atoms with E-state index in [1.54, 1.807) is 22.9 Å². The van der Waals surface area contributed by atoms with Crippen LogP contribution in [-0.2, 0) is 15.0 Å². The number of nitrogens with one attached hydrogen (secondary N) is 2. The second kappa shape index (κ2) is 8.61. The summed E-state index contributed by atoms with van der Waals surface area (Å²) in [5.74, 6) is -0.496. The molecule has 176 valence electrons. The van der Waals surface area contributed by atoms with Crippen molar-refractivity contribution in [3.05, 3.63) is 41.8 Å². The number of nitrogens with zero attached hydrogens (tertiary/aromatic N) is 3.